The van der Waals surface area contributed by atoms with Gasteiger partial charge in [-0.15, -0.1) is 0 Å². The fraction of sp³-hybridized carbons (Fsp3) is 0.375. The van der Waals surface area contributed by atoms with Crippen LogP contribution in [0.1, 0.15) is 44.6 Å². The van der Waals surface area contributed by atoms with Crippen molar-refractivity contribution in [2.75, 3.05) is 24.1 Å². The lowest BCUT2D eigenvalue weighted by Gasteiger charge is -2.33. The Kier molecular flexibility index (Phi) is 10.2. The van der Waals surface area contributed by atoms with Crippen LogP contribution in [0, 0.1) is 0 Å². The van der Waals surface area contributed by atoms with E-state index in [4.69, 9.17) is 32.7 Å². The fourth-order valence-electron chi connectivity index (χ4n) is 5.44. The highest BCUT2D eigenvalue weighted by atomic mass is 35.5. The van der Waals surface area contributed by atoms with Crippen molar-refractivity contribution in [3.05, 3.63) is 82.3 Å². The molecule has 44 heavy (non-hydrogen) atoms. The highest BCUT2D eigenvalue weighted by Gasteiger charge is 2.34. The number of carbonyl (C=O) groups excluding carboxylic acids is 2. The first-order valence-electron chi connectivity index (χ1n) is 14.7. The van der Waals surface area contributed by atoms with E-state index in [2.05, 4.69) is 5.32 Å². The lowest BCUT2D eigenvalue weighted by molar-refractivity contribution is -0.139. The van der Waals surface area contributed by atoms with E-state index in [-0.39, 0.29) is 29.1 Å². The second-order valence-electron chi connectivity index (χ2n) is 10.9. The molecule has 0 bridgehead atoms. The molecule has 0 radical (unpaired) electrons. The smallest absolute Gasteiger partial charge is 0.264 e. The van der Waals surface area contributed by atoms with Gasteiger partial charge in [0.15, 0.2) is 11.5 Å². The molecule has 2 aliphatic rings. The number of nitrogens with zero attached hydrogens (tertiary/aromatic N) is 2. The number of hydrogen-bond acceptors (Lipinski definition) is 6. The molecule has 0 spiro atoms. The Bertz CT molecular complexity index is 1580. The van der Waals surface area contributed by atoms with E-state index in [1.165, 1.54) is 23.1 Å². The molecule has 1 aliphatic carbocycles. The number of carbonyl (C=O) groups is 2. The van der Waals surface area contributed by atoms with Gasteiger partial charge in [-0.05, 0) is 56.2 Å². The van der Waals surface area contributed by atoms with E-state index >= 15 is 0 Å². The maximum atomic E-state index is 14.3. The molecule has 1 heterocycles. The second-order valence-corrected chi connectivity index (χ2v) is 13.6. The average Bonchev–Trinajstić information content (AvgIpc) is 3.03. The van der Waals surface area contributed by atoms with Crippen LogP contribution in [0.25, 0.3) is 0 Å². The molecule has 1 N–H and O–H groups in total. The molecule has 1 aliphatic heterocycles. The summed E-state index contributed by atoms with van der Waals surface area (Å²) < 4.78 is 40.5. The largest absolute Gasteiger partial charge is 0.486 e. The summed E-state index contributed by atoms with van der Waals surface area (Å²) in [4.78, 5) is 29.1. The Morgan fingerprint density at radius 3 is 2.25 bits per heavy atom. The van der Waals surface area contributed by atoms with E-state index in [1.54, 1.807) is 55.5 Å². The van der Waals surface area contributed by atoms with Crippen LogP contribution in [0.2, 0.25) is 10.0 Å². The Balaban J connectivity index is 1.51. The quantitative estimate of drug-likeness (QED) is 0.294. The first-order chi connectivity index (χ1) is 21.1. The zero-order chi connectivity index (χ0) is 31.3. The van der Waals surface area contributed by atoms with Crippen molar-refractivity contribution in [3.8, 4) is 11.5 Å². The first-order valence-corrected chi connectivity index (χ1v) is 16.8. The summed E-state index contributed by atoms with van der Waals surface area (Å²) in [7, 11) is -4.23. The highest BCUT2D eigenvalue weighted by Crippen LogP contribution is 2.36. The lowest BCUT2D eigenvalue weighted by Crippen LogP contribution is -2.53. The number of sulfonamides is 1. The minimum absolute atomic E-state index is 0.00600. The number of fused-ring (bicyclic) bond motifs is 1. The third-order valence-corrected chi connectivity index (χ3v) is 10.4. The van der Waals surface area contributed by atoms with Crippen LogP contribution in [0.15, 0.2) is 71.6 Å². The van der Waals surface area contributed by atoms with Gasteiger partial charge in [-0.25, -0.2) is 8.42 Å². The van der Waals surface area contributed by atoms with Crippen LogP contribution in [0.3, 0.4) is 0 Å². The van der Waals surface area contributed by atoms with E-state index < -0.39 is 28.5 Å². The summed E-state index contributed by atoms with van der Waals surface area (Å²) in [5.74, 6) is -0.0901. The molecular weight excluding hydrogens is 625 g/mol. The molecular formula is C32H35Cl2N3O6S. The minimum Gasteiger partial charge on any atom is -0.486 e. The molecule has 0 aromatic heterocycles. The fourth-order valence-corrected chi connectivity index (χ4v) is 7.38. The average molecular weight is 661 g/mol. The Morgan fingerprint density at radius 2 is 1.57 bits per heavy atom. The Labute approximate surface area is 268 Å². The maximum absolute atomic E-state index is 14.3. The number of hydrogen-bond donors (Lipinski definition) is 1. The molecule has 2 amide bonds. The van der Waals surface area contributed by atoms with Gasteiger partial charge in [-0.2, -0.15) is 0 Å². The Morgan fingerprint density at radius 1 is 0.909 bits per heavy atom. The van der Waals surface area contributed by atoms with Crippen LogP contribution in [-0.2, 0) is 26.2 Å². The van der Waals surface area contributed by atoms with Crippen LogP contribution >= 0.6 is 23.2 Å². The van der Waals surface area contributed by atoms with Crippen molar-refractivity contribution in [1.29, 1.82) is 0 Å². The third kappa shape index (κ3) is 7.25. The molecule has 0 unspecified atom stereocenters. The van der Waals surface area contributed by atoms with E-state index in [9.17, 15) is 18.0 Å². The van der Waals surface area contributed by atoms with Crippen LogP contribution < -0.4 is 19.1 Å². The molecule has 1 saturated carbocycles. The predicted molar refractivity (Wildman–Crippen MR) is 170 cm³/mol. The second kappa shape index (κ2) is 14.1. The van der Waals surface area contributed by atoms with Gasteiger partial charge in [0.2, 0.25) is 11.8 Å². The summed E-state index contributed by atoms with van der Waals surface area (Å²) in [5.41, 5.74) is 0.666. The van der Waals surface area contributed by atoms with E-state index in [1.807, 2.05) is 0 Å². The number of nitrogens with one attached hydrogen (secondary N) is 1. The molecule has 9 nitrogen and oxygen atoms in total. The van der Waals surface area contributed by atoms with E-state index in [0.717, 1.165) is 36.4 Å². The number of halogens is 2. The molecule has 234 valence electrons. The van der Waals surface area contributed by atoms with Gasteiger partial charge in [0.1, 0.15) is 25.8 Å². The van der Waals surface area contributed by atoms with Gasteiger partial charge in [-0.1, -0.05) is 66.7 Å². The molecule has 5 rings (SSSR count). The monoisotopic (exact) mass is 659 g/mol. The van der Waals surface area contributed by atoms with Gasteiger partial charge in [0, 0.05) is 34.3 Å². The summed E-state index contributed by atoms with van der Waals surface area (Å²) >= 11 is 13.0. The molecule has 12 heteroatoms. The molecule has 3 aromatic rings. The van der Waals surface area contributed by atoms with Crippen molar-refractivity contribution in [2.24, 2.45) is 0 Å². The van der Waals surface area contributed by atoms with Gasteiger partial charge < -0.3 is 19.7 Å². The Hall–Kier alpha value is -3.47. The number of rotatable bonds is 10. The van der Waals surface area contributed by atoms with Gasteiger partial charge >= 0.3 is 0 Å². The molecule has 0 saturated heterocycles. The summed E-state index contributed by atoms with van der Waals surface area (Å²) in [6.45, 7) is 1.61. The van der Waals surface area contributed by atoms with E-state index in [0.29, 0.717) is 40.3 Å². The third-order valence-electron chi connectivity index (χ3n) is 7.93. The van der Waals surface area contributed by atoms with Gasteiger partial charge in [0.05, 0.1) is 10.6 Å². The summed E-state index contributed by atoms with van der Waals surface area (Å²) in [6.07, 6.45) is 4.92. The predicted octanol–water partition coefficient (Wildman–Crippen LogP) is 5.83. The topological polar surface area (TPSA) is 105 Å². The molecule has 1 atom stereocenters. The van der Waals surface area contributed by atoms with Crippen molar-refractivity contribution in [2.45, 2.75) is 62.6 Å². The summed E-state index contributed by atoms with van der Waals surface area (Å²) in [5, 5.41) is 3.74. The van der Waals surface area contributed by atoms with Crippen LogP contribution in [-0.4, -0.2) is 57.0 Å². The first kappa shape index (κ1) is 31.9. The van der Waals surface area contributed by atoms with Crippen molar-refractivity contribution in [1.82, 2.24) is 10.2 Å². The molecule has 1 fully saturated rings. The normalized spacial score (nSPS) is 15.7. The number of amides is 2. The SMILES string of the molecule is C[C@H](C(=O)NC1CCCCC1)N(Cc1c(Cl)cccc1Cl)C(=O)CN(c1ccc2c(c1)OCCO2)S(=O)(=O)c1ccccc1. The summed E-state index contributed by atoms with van der Waals surface area (Å²) in [6, 6.07) is 16.6. The van der Waals surface area contributed by atoms with Crippen molar-refractivity contribution in [3.63, 3.8) is 0 Å². The zero-order valence-corrected chi connectivity index (χ0v) is 26.7. The lowest BCUT2D eigenvalue weighted by atomic mass is 9.95. The van der Waals surface area contributed by atoms with Gasteiger partial charge in [-0.3, -0.25) is 13.9 Å². The highest BCUT2D eigenvalue weighted by molar-refractivity contribution is 7.92. The molecule has 3 aromatic carbocycles. The zero-order valence-electron chi connectivity index (χ0n) is 24.4. The minimum atomic E-state index is -4.23. The van der Waals surface area contributed by atoms with Crippen LogP contribution in [0.4, 0.5) is 5.69 Å². The number of anilines is 1. The van der Waals surface area contributed by atoms with Crippen LogP contribution in [0.5, 0.6) is 11.5 Å². The number of benzene rings is 3. The standard InChI is InChI=1S/C32H35Cl2N3O6S/c1-22(32(39)35-23-9-4-2-5-10-23)36(20-26-27(33)13-8-14-28(26)34)31(38)21-37(44(40,41)25-11-6-3-7-12-25)24-15-16-29-30(19-24)43-18-17-42-29/h3,6-8,11-16,19,22-23H,2,4-5,9-10,17-18,20-21H2,1H3,(H,35,39)/t22-/m1/s1. The van der Waals surface area contributed by atoms with Crippen molar-refractivity contribution < 1.29 is 27.5 Å². The maximum Gasteiger partial charge on any atom is 0.264 e. The van der Waals surface area contributed by atoms with Crippen molar-refractivity contribution >= 4 is 50.7 Å². The van der Waals surface area contributed by atoms with Gasteiger partial charge in [0.25, 0.3) is 10.0 Å². The number of ether oxygens (including phenoxy) is 2.